The summed E-state index contributed by atoms with van der Waals surface area (Å²) >= 11 is 0. The first-order valence-corrected chi connectivity index (χ1v) is 2.84. The van der Waals surface area contributed by atoms with Crippen molar-refractivity contribution in [2.45, 2.75) is 26.1 Å². The highest BCUT2D eigenvalue weighted by molar-refractivity contribution is 5.90. The van der Waals surface area contributed by atoms with E-state index in [0.29, 0.717) is 0 Å². The Balaban J connectivity index is 4.07. The summed E-state index contributed by atoms with van der Waals surface area (Å²) in [6.07, 6.45) is -3.14. The van der Waals surface area contributed by atoms with Crippen molar-refractivity contribution >= 4 is 11.6 Å². The van der Waals surface area contributed by atoms with Crippen LogP contribution in [0.1, 0.15) is 13.8 Å². The Bertz CT molecular complexity index is 134. The minimum absolute atomic E-state index is 0.609. The minimum Gasteiger partial charge on any atom is -0.382 e. The Labute approximate surface area is 58.5 Å². The lowest BCUT2D eigenvalue weighted by Gasteiger charge is -2.10. The van der Waals surface area contributed by atoms with Gasteiger partial charge in [0.15, 0.2) is 11.6 Å². The van der Waals surface area contributed by atoms with Crippen LogP contribution in [0.3, 0.4) is 0 Å². The van der Waals surface area contributed by atoms with Gasteiger partial charge in [-0.15, -0.1) is 0 Å². The molecule has 2 N–H and O–H groups in total. The molecule has 0 amide bonds. The molecule has 2 atom stereocenters. The number of carbonyl (C=O) groups excluding carboxylic acids is 2. The lowest BCUT2D eigenvalue weighted by atomic mass is 10.1. The summed E-state index contributed by atoms with van der Waals surface area (Å²) in [4.78, 5) is 20.7. The summed E-state index contributed by atoms with van der Waals surface area (Å²) < 4.78 is 0. The van der Waals surface area contributed by atoms with Gasteiger partial charge in [-0.05, 0) is 13.8 Å². The molecule has 0 rings (SSSR count). The Morgan fingerprint density at radius 1 is 1.00 bits per heavy atom. The molecule has 0 bridgehead atoms. The molecule has 0 aliphatic carbocycles. The molecule has 0 saturated heterocycles. The van der Waals surface area contributed by atoms with E-state index in [9.17, 15) is 9.59 Å². The molecule has 58 valence electrons. The summed E-state index contributed by atoms with van der Waals surface area (Å²) in [5, 5.41) is 17.5. The van der Waals surface area contributed by atoms with Crippen LogP contribution in [0, 0.1) is 0 Å². The fourth-order valence-corrected chi connectivity index (χ4v) is 0.445. The Morgan fingerprint density at radius 3 is 1.30 bits per heavy atom. The molecule has 0 fully saturated rings. The second kappa shape index (κ2) is 3.43. The van der Waals surface area contributed by atoms with Gasteiger partial charge in [0.05, 0.1) is 0 Å². The van der Waals surface area contributed by atoms with E-state index in [1.807, 2.05) is 0 Å². The number of carbonyl (C=O) groups is 2. The van der Waals surface area contributed by atoms with Crippen LogP contribution in [0.25, 0.3) is 0 Å². The van der Waals surface area contributed by atoms with Crippen molar-refractivity contribution in [1.82, 2.24) is 0 Å². The van der Waals surface area contributed by atoms with Crippen LogP contribution in [-0.2, 0) is 9.59 Å². The molecule has 0 radical (unpaired) electrons. The number of rotatable bonds is 3. The molecule has 4 nitrogen and oxygen atoms in total. The maximum Gasteiger partial charge on any atom is 0.161 e. The third-order valence-electron chi connectivity index (χ3n) is 1.13. The van der Waals surface area contributed by atoms with E-state index >= 15 is 0 Å². The van der Waals surface area contributed by atoms with Crippen molar-refractivity contribution in [3.8, 4) is 0 Å². The van der Waals surface area contributed by atoms with Crippen molar-refractivity contribution in [1.29, 1.82) is 0 Å². The van der Waals surface area contributed by atoms with E-state index in [2.05, 4.69) is 0 Å². The second-order valence-electron chi connectivity index (χ2n) is 2.11. The lowest BCUT2D eigenvalue weighted by Crippen LogP contribution is -2.37. The molecule has 0 aromatic carbocycles. The molecule has 0 heterocycles. The Kier molecular flexibility index (Phi) is 3.18. The molecule has 0 saturated carbocycles. The minimum atomic E-state index is -1.57. The SMILES string of the molecule is CC(=O)[C@@H](O)[C@@H](O)C(C)=O. The molecule has 0 spiro atoms. The molecule has 0 aromatic rings. The summed E-state index contributed by atoms with van der Waals surface area (Å²) in [5.41, 5.74) is 0. The van der Waals surface area contributed by atoms with Crippen molar-refractivity contribution in [2.75, 3.05) is 0 Å². The smallest absolute Gasteiger partial charge is 0.161 e. The molecule has 0 unspecified atom stereocenters. The number of hydrogen-bond acceptors (Lipinski definition) is 4. The molecule has 4 heteroatoms. The van der Waals surface area contributed by atoms with Crippen molar-refractivity contribution in [3.05, 3.63) is 0 Å². The van der Waals surface area contributed by atoms with Crippen LogP contribution < -0.4 is 0 Å². The third-order valence-corrected chi connectivity index (χ3v) is 1.13. The molecule has 0 aliphatic rings. The Hall–Kier alpha value is -0.740. The molecular formula is C6H10O4. The van der Waals surface area contributed by atoms with Crippen LogP contribution in [0.4, 0.5) is 0 Å². The summed E-state index contributed by atoms with van der Waals surface area (Å²) in [5.74, 6) is -1.22. The van der Waals surface area contributed by atoms with Gasteiger partial charge in [-0.25, -0.2) is 0 Å². The molecule has 0 aromatic heterocycles. The number of hydrogen-bond donors (Lipinski definition) is 2. The summed E-state index contributed by atoms with van der Waals surface area (Å²) in [7, 11) is 0. The van der Waals surface area contributed by atoms with Gasteiger partial charge in [0, 0.05) is 0 Å². The molecule has 10 heavy (non-hydrogen) atoms. The fraction of sp³-hybridized carbons (Fsp3) is 0.667. The average molecular weight is 146 g/mol. The van der Waals surface area contributed by atoms with Gasteiger partial charge < -0.3 is 10.2 Å². The van der Waals surface area contributed by atoms with Gasteiger partial charge in [-0.1, -0.05) is 0 Å². The highest BCUT2D eigenvalue weighted by Crippen LogP contribution is 1.95. The van der Waals surface area contributed by atoms with Gasteiger partial charge in [0.2, 0.25) is 0 Å². The van der Waals surface area contributed by atoms with Gasteiger partial charge >= 0.3 is 0 Å². The van der Waals surface area contributed by atoms with E-state index in [4.69, 9.17) is 10.2 Å². The summed E-state index contributed by atoms with van der Waals surface area (Å²) in [6.45, 7) is 2.22. The standard InChI is InChI=1S/C6H10O4/c1-3(7)5(9)6(10)4(2)8/h5-6,9-10H,1-2H3/t5-,6+. The number of ketones is 2. The van der Waals surface area contributed by atoms with Crippen LogP contribution in [0.2, 0.25) is 0 Å². The fourth-order valence-electron chi connectivity index (χ4n) is 0.445. The maximum atomic E-state index is 10.3. The predicted molar refractivity (Wildman–Crippen MR) is 33.4 cm³/mol. The quantitative estimate of drug-likeness (QED) is 0.529. The number of aliphatic hydroxyl groups is 2. The van der Waals surface area contributed by atoms with E-state index in [1.54, 1.807) is 0 Å². The topological polar surface area (TPSA) is 74.6 Å². The first kappa shape index (κ1) is 9.26. The normalized spacial score (nSPS) is 16.0. The average Bonchev–Trinajstić information content (AvgIpc) is 1.84. The third kappa shape index (κ3) is 2.24. The van der Waals surface area contributed by atoms with Crippen LogP contribution in [0.15, 0.2) is 0 Å². The first-order chi connectivity index (χ1) is 4.46. The largest absolute Gasteiger partial charge is 0.382 e. The Morgan fingerprint density at radius 2 is 1.20 bits per heavy atom. The lowest BCUT2D eigenvalue weighted by molar-refractivity contribution is -0.140. The second-order valence-corrected chi connectivity index (χ2v) is 2.11. The van der Waals surface area contributed by atoms with E-state index < -0.39 is 23.8 Å². The zero-order chi connectivity index (χ0) is 8.31. The zero-order valence-electron chi connectivity index (χ0n) is 5.87. The predicted octanol–water partition coefficient (Wildman–Crippen LogP) is -1.11. The zero-order valence-corrected chi connectivity index (χ0v) is 5.87. The van der Waals surface area contributed by atoms with Gasteiger partial charge in [-0.2, -0.15) is 0 Å². The number of Topliss-reactive ketones (excluding diaryl/α,β-unsaturated/α-hetero) is 2. The molecule has 0 aliphatic heterocycles. The number of aliphatic hydroxyl groups excluding tert-OH is 2. The van der Waals surface area contributed by atoms with E-state index in [-0.39, 0.29) is 0 Å². The maximum absolute atomic E-state index is 10.3. The highest BCUT2D eigenvalue weighted by Gasteiger charge is 2.23. The van der Waals surface area contributed by atoms with Crippen LogP contribution in [0.5, 0.6) is 0 Å². The molecular weight excluding hydrogens is 136 g/mol. The van der Waals surface area contributed by atoms with Gasteiger partial charge in [0.25, 0.3) is 0 Å². The monoisotopic (exact) mass is 146 g/mol. The van der Waals surface area contributed by atoms with Crippen molar-refractivity contribution < 1.29 is 19.8 Å². The highest BCUT2D eigenvalue weighted by atomic mass is 16.3. The van der Waals surface area contributed by atoms with Crippen molar-refractivity contribution in [3.63, 3.8) is 0 Å². The van der Waals surface area contributed by atoms with Gasteiger partial charge in [-0.3, -0.25) is 9.59 Å². The van der Waals surface area contributed by atoms with Crippen LogP contribution in [-0.4, -0.2) is 34.0 Å². The summed E-state index contributed by atoms with van der Waals surface area (Å²) in [6, 6.07) is 0. The van der Waals surface area contributed by atoms with Crippen molar-refractivity contribution in [2.24, 2.45) is 0 Å². The van der Waals surface area contributed by atoms with Gasteiger partial charge in [0.1, 0.15) is 12.2 Å². The van der Waals surface area contributed by atoms with E-state index in [0.717, 1.165) is 13.8 Å². The van der Waals surface area contributed by atoms with E-state index in [1.165, 1.54) is 0 Å². The first-order valence-electron chi connectivity index (χ1n) is 2.84. The van der Waals surface area contributed by atoms with Crippen LogP contribution >= 0.6 is 0 Å².